The van der Waals surface area contributed by atoms with Crippen molar-refractivity contribution in [2.24, 2.45) is 0 Å². The van der Waals surface area contributed by atoms with Gasteiger partial charge in [-0.2, -0.15) is 0 Å². The molecule has 0 spiro atoms. The number of nitrogens with one attached hydrogen (secondary N) is 2. The van der Waals surface area contributed by atoms with E-state index in [1.165, 1.54) is 0 Å². The lowest BCUT2D eigenvalue weighted by molar-refractivity contribution is -0.121. The van der Waals surface area contributed by atoms with E-state index in [9.17, 15) is 9.59 Å². The first kappa shape index (κ1) is 9.71. The van der Waals surface area contributed by atoms with Crippen LogP contribution in [0.5, 0.6) is 0 Å². The van der Waals surface area contributed by atoms with Crippen LogP contribution in [0, 0.1) is 0 Å². The van der Waals surface area contributed by atoms with E-state index in [2.05, 4.69) is 10.6 Å². The minimum atomic E-state index is -0.186. The normalized spacial score (nSPS) is 18.2. The van der Waals surface area contributed by atoms with Crippen LogP contribution in [-0.2, 0) is 4.79 Å². The molecule has 1 aliphatic rings. The minimum absolute atomic E-state index is 0.0722. The summed E-state index contributed by atoms with van der Waals surface area (Å²) in [7, 11) is 1.59. The molecule has 4 nitrogen and oxygen atoms in total. The van der Waals surface area contributed by atoms with E-state index in [-0.39, 0.29) is 17.9 Å². The maximum atomic E-state index is 11.5. The summed E-state index contributed by atoms with van der Waals surface area (Å²) in [6.07, 6.45) is 0.291. The van der Waals surface area contributed by atoms with E-state index in [1.807, 2.05) is 18.2 Å². The van der Waals surface area contributed by atoms with Gasteiger partial charge in [-0.15, -0.1) is 0 Å². The maximum absolute atomic E-state index is 11.5. The molecule has 2 N–H and O–H groups in total. The molecule has 0 aliphatic carbocycles. The number of fused-ring (bicyclic) bond motifs is 1. The Bertz CT molecular complexity index is 415. The molecule has 15 heavy (non-hydrogen) atoms. The predicted molar refractivity (Wildman–Crippen MR) is 55.3 cm³/mol. The molecule has 0 bridgehead atoms. The molecule has 2 amide bonds. The Morgan fingerprint density at radius 3 is 2.93 bits per heavy atom. The molecule has 1 heterocycles. The number of amides is 2. The molecule has 0 radical (unpaired) electrons. The van der Waals surface area contributed by atoms with Crippen molar-refractivity contribution in [3.05, 3.63) is 35.4 Å². The lowest BCUT2D eigenvalue weighted by Gasteiger charge is -2.09. The number of hydrogen-bond acceptors (Lipinski definition) is 2. The Morgan fingerprint density at radius 1 is 1.47 bits per heavy atom. The van der Waals surface area contributed by atoms with Crippen LogP contribution >= 0.6 is 0 Å². The van der Waals surface area contributed by atoms with Gasteiger partial charge in [-0.05, 0) is 11.6 Å². The molecule has 0 saturated carbocycles. The second kappa shape index (κ2) is 3.73. The van der Waals surface area contributed by atoms with Gasteiger partial charge in [0.1, 0.15) is 0 Å². The van der Waals surface area contributed by atoms with Gasteiger partial charge in [-0.3, -0.25) is 9.59 Å². The molecule has 1 aliphatic heterocycles. The largest absolute Gasteiger partial charge is 0.359 e. The van der Waals surface area contributed by atoms with Crippen molar-refractivity contribution < 1.29 is 9.59 Å². The summed E-state index contributed by atoms with van der Waals surface area (Å²) in [6, 6.07) is 7.15. The number of carbonyl (C=O) groups excluding carboxylic acids is 2. The summed E-state index contributed by atoms with van der Waals surface area (Å²) < 4.78 is 0. The van der Waals surface area contributed by atoms with Crippen molar-refractivity contribution in [3.63, 3.8) is 0 Å². The van der Waals surface area contributed by atoms with Crippen molar-refractivity contribution in [1.82, 2.24) is 10.6 Å². The van der Waals surface area contributed by atoms with Crippen LogP contribution in [0.1, 0.15) is 28.4 Å². The molecule has 1 atom stereocenters. The number of benzene rings is 1. The Balaban J connectivity index is 2.25. The van der Waals surface area contributed by atoms with Crippen LogP contribution in [0.3, 0.4) is 0 Å². The Labute approximate surface area is 87.7 Å². The Morgan fingerprint density at radius 2 is 2.20 bits per heavy atom. The van der Waals surface area contributed by atoms with E-state index in [0.717, 1.165) is 5.56 Å². The van der Waals surface area contributed by atoms with E-state index in [0.29, 0.717) is 12.0 Å². The monoisotopic (exact) mass is 204 g/mol. The summed E-state index contributed by atoms with van der Waals surface area (Å²) >= 11 is 0. The first-order valence-corrected chi connectivity index (χ1v) is 4.82. The zero-order valence-corrected chi connectivity index (χ0v) is 8.41. The van der Waals surface area contributed by atoms with E-state index >= 15 is 0 Å². The highest BCUT2D eigenvalue weighted by atomic mass is 16.2. The third-order valence-corrected chi connectivity index (χ3v) is 2.55. The van der Waals surface area contributed by atoms with Gasteiger partial charge in [0.25, 0.3) is 5.91 Å². The third kappa shape index (κ3) is 1.70. The van der Waals surface area contributed by atoms with Crippen LogP contribution in [0.4, 0.5) is 0 Å². The SMILES string of the molecule is CNC(=O)CC1NC(=O)c2ccccc21. The van der Waals surface area contributed by atoms with E-state index < -0.39 is 0 Å². The quantitative estimate of drug-likeness (QED) is 0.741. The summed E-state index contributed by atoms with van der Waals surface area (Å²) in [5, 5.41) is 5.33. The highest BCUT2D eigenvalue weighted by Crippen LogP contribution is 2.27. The fourth-order valence-electron chi connectivity index (χ4n) is 1.77. The van der Waals surface area contributed by atoms with Crippen molar-refractivity contribution in [3.8, 4) is 0 Å². The van der Waals surface area contributed by atoms with Gasteiger partial charge < -0.3 is 10.6 Å². The number of rotatable bonds is 2. The number of carbonyl (C=O) groups is 2. The Kier molecular flexibility index (Phi) is 2.41. The highest BCUT2D eigenvalue weighted by molar-refractivity contribution is 5.99. The predicted octanol–water partition coefficient (Wildman–Crippen LogP) is 0.607. The van der Waals surface area contributed by atoms with Gasteiger partial charge in [0.2, 0.25) is 5.91 Å². The molecule has 0 aromatic heterocycles. The van der Waals surface area contributed by atoms with Crippen LogP contribution in [-0.4, -0.2) is 18.9 Å². The minimum Gasteiger partial charge on any atom is -0.359 e. The second-order valence-electron chi connectivity index (χ2n) is 3.49. The third-order valence-electron chi connectivity index (χ3n) is 2.55. The van der Waals surface area contributed by atoms with Crippen LogP contribution in [0.2, 0.25) is 0 Å². The van der Waals surface area contributed by atoms with E-state index in [1.54, 1.807) is 13.1 Å². The van der Waals surface area contributed by atoms with Gasteiger partial charge in [0.05, 0.1) is 12.5 Å². The molecule has 0 fully saturated rings. The van der Waals surface area contributed by atoms with Crippen molar-refractivity contribution in [1.29, 1.82) is 0 Å². The molecule has 78 valence electrons. The van der Waals surface area contributed by atoms with Crippen molar-refractivity contribution >= 4 is 11.8 Å². The zero-order chi connectivity index (χ0) is 10.8. The first-order chi connectivity index (χ1) is 7.22. The molecular formula is C11H12N2O2. The van der Waals surface area contributed by atoms with Gasteiger partial charge in [0, 0.05) is 12.6 Å². The lowest BCUT2D eigenvalue weighted by Crippen LogP contribution is -2.26. The van der Waals surface area contributed by atoms with Crippen LogP contribution in [0.25, 0.3) is 0 Å². The summed E-state index contributed by atoms with van der Waals surface area (Å²) in [5.41, 5.74) is 1.58. The molecule has 2 rings (SSSR count). The lowest BCUT2D eigenvalue weighted by atomic mass is 10.0. The maximum Gasteiger partial charge on any atom is 0.252 e. The van der Waals surface area contributed by atoms with Gasteiger partial charge in [-0.1, -0.05) is 18.2 Å². The van der Waals surface area contributed by atoms with Gasteiger partial charge in [-0.25, -0.2) is 0 Å². The fourth-order valence-corrected chi connectivity index (χ4v) is 1.77. The van der Waals surface area contributed by atoms with Gasteiger partial charge in [0.15, 0.2) is 0 Å². The van der Waals surface area contributed by atoms with E-state index in [4.69, 9.17) is 0 Å². The zero-order valence-electron chi connectivity index (χ0n) is 8.41. The summed E-state index contributed by atoms with van der Waals surface area (Å²) in [6.45, 7) is 0. The molecule has 1 aromatic carbocycles. The Hall–Kier alpha value is -1.84. The smallest absolute Gasteiger partial charge is 0.252 e. The standard InChI is InChI=1S/C11H12N2O2/c1-12-10(14)6-9-7-4-2-3-5-8(7)11(15)13-9/h2-5,9H,6H2,1H3,(H,12,14)(H,13,15). The van der Waals surface area contributed by atoms with Crippen molar-refractivity contribution in [2.45, 2.75) is 12.5 Å². The van der Waals surface area contributed by atoms with Crippen molar-refractivity contribution in [2.75, 3.05) is 7.05 Å². The topological polar surface area (TPSA) is 58.2 Å². The van der Waals surface area contributed by atoms with Gasteiger partial charge >= 0.3 is 0 Å². The van der Waals surface area contributed by atoms with Crippen LogP contribution in [0.15, 0.2) is 24.3 Å². The second-order valence-corrected chi connectivity index (χ2v) is 3.49. The number of hydrogen-bond donors (Lipinski definition) is 2. The van der Waals surface area contributed by atoms with Crippen LogP contribution < -0.4 is 10.6 Å². The fraction of sp³-hybridized carbons (Fsp3) is 0.273. The highest BCUT2D eigenvalue weighted by Gasteiger charge is 2.28. The summed E-state index contributed by atoms with van der Waals surface area (Å²) in [5.74, 6) is -0.170. The molecule has 1 unspecified atom stereocenters. The molecular weight excluding hydrogens is 192 g/mol. The molecule has 4 heteroatoms. The summed E-state index contributed by atoms with van der Waals surface area (Å²) in [4.78, 5) is 22.7. The molecule has 1 aromatic rings. The molecule has 0 saturated heterocycles. The first-order valence-electron chi connectivity index (χ1n) is 4.82. The average Bonchev–Trinajstić information content (AvgIpc) is 2.57. The average molecular weight is 204 g/mol.